The first-order valence-electron chi connectivity index (χ1n) is 5.21. The maximum absolute atomic E-state index is 12.7. The minimum atomic E-state index is -4.44. The van der Waals surface area contributed by atoms with Crippen LogP contribution < -0.4 is 10.6 Å². The van der Waals surface area contributed by atoms with Crippen molar-refractivity contribution in [2.24, 2.45) is 5.73 Å². The molecule has 1 saturated heterocycles. The van der Waals surface area contributed by atoms with Gasteiger partial charge in [0.05, 0.1) is 5.56 Å². The highest BCUT2D eigenvalue weighted by molar-refractivity contribution is 9.10. The summed E-state index contributed by atoms with van der Waals surface area (Å²) in [5, 5.41) is 0. The van der Waals surface area contributed by atoms with Gasteiger partial charge in [-0.3, -0.25) is 4.79 Å². The van der Waals surface area contributed by atoms with Gasteiger partial charge in [0.25, 0.3) is 0 Å². The van der Waals surface area contributed by atoms with Gasteiger partial charge < -0.3 is 10.6 Å². The molecule has 0 spiro atoms. The molecule has 2 N–H and O–H groups in total. The average Bonchev–Trinajstić information content (AvgIpc) is 2.55. The molecule has 0 aromatic heterocycles. The van der Waals surface area contributed by atoms with E-state index in [0.717, 1.165) is 12.1 Å². The lowest BCUT2D eigenvalue weighted by atomic mass is 10.2. The molecular weight excluding hydrogens is 313 g/mol. The van der Waals surface area contributed by atoms with Crippen molar-refractivity contribution < 1.29 is 18.0 Å². The Morgan fingerprint density at radius 2 is 2.00 bits per heavy atom. The first kappa shape index (κ1) is 13.4. The summed E-state index contributed by atoms with van der Waals surface area (Å²) < 4.78 is 38.3. The Bertz CT molecular complexity index is 490. The maximum atomic E-state index is 12.7. The number of nitrogens with zero attached hydrogens (tertiary/aromatic N) is 1. The minimum absolute atomic E-state index is 0.161. The quantitative estimate of drug-likeness (QED) is 0.863. The van der Waals surface area contributed by atoms with E-state index in [1.54, 1.807) is 0 Å². The molecule has 1 aliphatic heterocycles. The van der Waals surface area contributed by atoms with Crippen molar-refractivity contribution in [1.82, 2.24) is 0 Å². The molecular formula is C11H10BrF3N2O. The van der Waals surface area contributed by atoms with Crippen LogP contribution in [0.4, 0.5) is 18.9 Å². The van der Waals surface area contributed by atoms with E-state index < -0.39 is 11.7 Å². The zero-order valence-corrected chi connectivity index (χ0v) is 10.8. The van der Waals surface area contributed by atoms with Crippen LogP contribution in [0.1, 0.15) is 12.0 Å². The molecule has 1 aliphatic rings. The summed E-state index contributed by atoms with van der Waals surface area (Å²) in [6.07, 6.45) is -4.28. The standard InChI is InChI=1S/C11H10BrF3N2O/c12-7-1-6(11(13,14)15)2-9(3-7)17-5-8(16)4-10(17)18/h1-3,8H,4-5,16H2. The summed E-state index contributed by atoms with van der Waals surface area (Å²) in [5.41, 5.74) is 5.04. The highest BCUT2D eigenvalue weighted by atomic mass is 79.9. The van der Waals surface area contributed by atoms with E-state index in [0.29, 0.717) is 0 Å². The lowest BCUT2D eigenvalue weighted by Crippen LogP contribution is -2.28. The van der Waals surface area contributed by atoms with Gasteiger partial charge in [-0.2, -0.15) is 13.2 Å². The minimum Gasteiger partial charge on any atom is -0.326 e. The number of anilines is 1. The molecule has 98 valence electrons. The molecule has 3 nitrogen and oxygen atoms in total. The summed E-state index contributed by atoms with van der Waals surface area (Å²) in [4.78, 5) is 12.9. The molecule has 1 aromatic carbocycles. The van der Waals surface area contributed by atoms with Crippen molar-refractivity contribution in [2.45, 2.75) is 18.6 Å². The average molecular weight is 323 g/mol. The van der Waals surface area contributed by atoms with Gasteiger partial charge in [0.15, 0.2) is 0 Å². The number of hydrogen-bond acceptors (Lipinski definition) is 2. The van der Waals surface area contributed by atoms with Crippen molar-refractivity contribution in [2.75, 3.05) is 11.4 Å². The Labute approximate surface area is 110 Å². The number of rotatable bonds is 1. The van der Waals surface area contributed by atoms with E-state index in [4.69, 9.17) is 5.73 Å². The fraction of sp³-hybridized carbons (Fsp3) is 0.364. The predicted octanol–water partition coefficient (Wildman–Crippen LogP) is 2.53. The van der Waals surface area contributed by atoms with Crippen LogP contribution >= 0.6 is 15.9 Å². The lowest BCUT2D eigenvalue weighted by Gasteiger charge is -2.18. The second-order valence-corrected chi connectivity index (χ2v) is 5.08. The summed E-state index contributed by atoms with van der Waals surface area (Å²) in [6.45, 7) is 0.243. The first-order valence-corrected chi connectivity index (χ1v) is 6.00. The Hall–Kier alpha value is -1.08. The predicted molar refractivity (Wildman–Crippen MR) is 64.1 cm³/mol. The van der Waals surface area contributed by atoms with Gasteiger partial charge in [-0.05, 0) is 18.2 Å². The molecule has 1 amide bonds. The number of halogens is 4. The van der Waals surface area contributed by atoms with Gasteiger partial charge >= 0.3 is 6.18 Å². The number of nitrogens with two attached hydrogens (primary N) is 1. The third-order valence-corrected chi connectivity index (χ3v) is 3.13. The van der Waals surface area contributed by atoms with E-state index >= 15 is 0 Å². The highest BCUT2D eigenvalue weighted by Crippen LogP contribution is 2.35. The molecule has 0 aliphatic carbocycles. The molecule has 18 heavy (non-hydrogen) atoms. The number of carbonyl (C=O) groups is 1. The fourth-order valence-electron chi connectivity index (χ4n) is 1.88. The summed E-state index contributed by atoms with van der Waals surface area (Å²) in [7, 11) is 0. The number of benzene rings is 1. The van der Waals surface area contributed by atoms with E-state index in [-0.39, 0.29) is 35.1 Å². The second-order valence-electron chi connectivity index (χ2n) is 4.16. The summed E-state index contributed by atoms with van der Waals surface area (Å²) in [6, 6.07) is 3.08. The Morgan fingerprint density at radius 1 is 1.33 bits per heavy atom. The summed E-state index contributed by atoms with van der Waals surface area (Å²) >= 11 is 3.02. The largest absolute Gasteiger partial charge is 0.416 e. The van der Waals surface area contributed by atoms with Crippen LogP contribution in [0.15, 0.2) is 22.7 Å². The van der Waals surface area contributed by atoms with Crippen LogP contribution in [-0.4, -0.2) is 18.5 Å². The van der Waals surface area contributed by atoms with Crippen LogP contribution in [0.5, 0.6) is 0 Å². The molecule has 1 unspecified atom stereocenters. The van der Waals surface area contributed by atoms with E-state index in [9.17, 15) is 18.0 Å². The van der Waals surface area contributed by atoms with Crippen molar-refractivity contribution in [3.63, 3.8) is 0 Å². The topological polar surface area (TPSA) is 46.3 Å². The molecule has 1 fully saturated rings. The van der Waals surface area contributed by atoms with Crippen LogP contribution in [0, 0.1) is 0 Å². The fourth-order valence-corrected chi connectivity index (χ4v) is 2.36. The van der Waals surface area contributed by atoms with Crippen LogP contribution in [0.3, 0.4) is 0 Å². The van der Waals surface area contributed by atoms with Crippen LogP contribution in [0.25, 0.3) is 0 Å². The molecule has 0 bridgehead atoms. The molecule has 2 rings (SSSR count). The number of alkyl halides is 3. The van der Waals surface area contributed by atoms with Crippen LogP contribution in [0.2, 0.25) is 0 Å². The Morgan fingerprint density at radius 3 is 2.50 bits per heavy atom. The van der Waals surface area contributed by atoms with Gasteiger partial charge in [-0.1, -0.05) is 15.9 Å². The molecule has 7 heteroatoms. The molecule has 1 atom stereocenters. The van der Waals surface area contributed by atoms with Crippen LogP contribution in [-0.2, 0) is 11.0 Å². The molecule has 1 aromatic rings. The van der Waals surface area contributed by atoms with E-state index in [2.05, 4.69) is 15.9 Å². The number of carbonyl (C=O) groups excluding carboxylic acids is 1. The Balaban J connectivity index is 2.40. The number of hydrogen-bond donors (Lipinski definition) is 1. The third kappa shape index (κ3) is 2.67. The van der Waals surface area contributed by atoms with Crippen molar-refractivity contribution in [3.05, 3.63) is 28.2 Å². The third-order valence-electron chi connectivity index (χ3n) is 2.68. The second kappa shape index (κ2) is 4.55. The SMILES string of the molecule is NC1CC(=O)N(c2cc(Br)cc(C(F)(F)F)c2)C1. The maximum Gasteiger partial charge on any atom is 0.416 e. The summed E-state index contributed by atoms with van der Waals surface area (Å²) in [5.74, 6) is -0.256. The van der Waals surface area contributed by atoms with Gasteiger partial charge in [-0.25, -0.2) is 0 Å². The highest BCUT2D eigenvalue weighted by Gasteiger charge is 2.33. The van der Waals surface area contributed by atoms with Crippen molar-refractivity contribution in [3.8, 4) is 0 Å². The zero-order chi connectivity index (χ0) is 13.5. The molecule has 1 heterocycles. The van der Waals surface area contributed by atoms with Crippen molar-refractivity contribution in [1.29, 1.82) is 0 Å². The smallest absolute Gasteiger partial charge is 0.326 e. The molecule has 0 radical (unpaired) electrons. The van der Waals surface area contributed by atoms with E-state index in [1.165, 1.54) is 11.0 Å². The van der Waals surface area contributed by atoms with E-state index in [1.807, 2.05) is 0 Å². The van der Waals surface area contributed by atoms with Crippen molar-refractivity contribution >= 4 is 27.5 Å². The zero-order valence-electron chi connectivity index (χ0n) is 9.17. The lowest BCUT2D eigenvalue weighted by molar-refractivity contribution is -0.137. The van der Waals surface area contributed by atoms with Gasteiger partial charge in [0, 0.05) is 29.2 Å². The van der Waals surface area contributed by atoms with Gasteiger partial charge in [-0.15, -0.1) is 0 Å². The Kier molecular flexibility index (Phi) is 3.37. The first-order chi connectivity index (χ1) is 8.27. The van der Waals surface area contributed by atoms with Gasteiger partial charge in [0.2, 0.25) is 5.91 Å². The monoisotopic (exact) mass is 322 g/mol. The normalized spacial score (nSPS) is 20.6. The number of amides is 1. The van der Waals surface area contributed by atoms with Gasteiger partial charge in [0.1, 0.15) is 0 Å². The molecule has 0 saturated carbocycles.